The van der Waals surface area contributed by atoms with Crippen molar-refractivity contribution in [3.63, 3.8) is 0 Å². The van der Waals surface area contributed by atoms with Crippen LogP contribution in [0.5, 0.6) is 0 Å². The number of aldehydes is 1. The van der Waals surface area contributed by atoms with E-state index < -0.39 is 0 Å². The van der Waals surface area contributed by atoms with Gasteiger partial charge in [0, 0.05) is 18.7 Å². The lowest BCUT2D eigenvalue weighted by atomic mass is 10.1. The van der Waals surface area contributed by atoms with Gasteiger partial charge in [-0.25, -0.2) is 0 Å². The molecule has 2 rings (SSSR count). The van der Waals surface area contributed by atoms with Gasteiger partial charge in [0.15, 0.2) is 0 Å². The second kappa shape index (κ2) is 5.07. The van der Waals surface area contributed by atoms with Gasteiger partial charge in [-0.3, -0.25) is 4.79 Å². The third-order valence-corrected chi connectivity index (χ3v) is 3.17. The molecule has 1 aromatic rings. The molecular formula is C13H16ClNO2. The maximum Gasteiger partial charge on any atom is 0.150 e. The van der Waals surface area contributed by atoms with Crippen LogP contribution in [-0.2, 0) is 4.74 Å². The van der Waals surface area contributed by atoms with Crippen molar-refractivity contribution in [3.8, 4) is 0 Å². The fourth-order valence-electron chi connectivity index (χ4n) is 2.23. The maximum absolute atomic E-state index is 10.7. The Balaban J connectivity index is 2.24. The number of carbonyl (C=O) groups excluding carboxylic acids is 1. The molecule has 1 aromatic carbocycles. The molecule has 0 saturated carbocycles. The van der Waals surface area contributed by atoms with Crippen LogP contribution in [0.15, 0.2) is 18.2 Å². The standard InChI is InChI=1S/C13H16ClNO2/c1-9-6-15(7-10(2)17-9)13-4-3-11(8-16)5-12(13)14/h3-5,8-10H,6-7H2,1-2H3/t9-,10+. The Morgan fingerprint density at radius 3 is 2.53 bits per heavy atom. The van der Waals surface area contributed by atoms with Crippen LogP contribution in [0.25, 0.3) is 0 Å². The van der Waals surface area contributed by atoms with E-state index in [0.29, 0.717) is 10.6 Å². The third-order valence-electron chi connectivity index (χ3n) is 2.87. The average Bonchev–Trinajstić information content (AvgIpc) is 2.27. The van der Waals surface area contributed by atoms with Gasteiger partial charge in [-0.05, 0) is 32.0 Å². The van der Waals surface area contributed by atoms with Crippen molar-refractivity contribution in [2.75, 3.05) is 18.0 Å². The van der Waals surface area contributed by atoms with Crippen molar-refractivity contribution in [2.24, 2.45) is 0 Å². The van der Waals surface area contributed by atoms with Crippen LogP contribution in [0.4, 0.5) is 5.69 Å². The van der Waals surface area contributed by atoms with Gasteiger partial charge >= 0.3 is 0 Å². The van der Waals surface area contributed by atoms with Crippen molar-refractivity contribution in [3.05, 3.63) is 28.8 Å². The molecule has 1 aliphatic rings. The Morgan fingerprint density at radius 1 is 1.35 bits per heavy atom. The molecule has 0 radical (unpaired) electrons. The molecule has 0 aromatic heterocycles. The summed E-state index contributed by atoms with van der Waals surface area (Å²) in [6.07, 6.45) is 1.20. The predicted octanol–water partition coefficient (Wildman–Crippen LogP) is 2.77. The fraction of sp³-hybridized carbons (Fsp3) is 0.462. The molecule has 1 saturated heterocycles. The van der Waals surface area contributed by atoms with E-state index in [4.69, 9.17) is 16.3 Å². The Bertz CT molecular complexity index is 412. The van der Waals surface area contributed by atoms with Gasteiger partial charge in [-0.2, -0.15) is 0 Å². The van der Waals surface area contributed by atoms with E-state index in [1.165, 1.54) is 0 Å². The van der Waals surface area contributed by atoms with E-state index in [9.17, 15) is 4.79 Å². The first-order valence-electron chi connectivity index (χ1n) is 5.75. The number of ether oxygens (including phenoxy) is 1. The second-order valence-corrected chi connectivity index (χ2v) is 4.90. The molecule has 1 aliphatic heterocycles. The second-order valence-electron chi connectivity index (χ2n) is 4.49. The molecule has 92 valence electrons. The van der Waals surface area contributed by atoms with Crippen molar-refractivity contribution in [1.29, 1.82) is 0 Å². The summed E-state index contributed by atoms with van der Waals surface area (Å²) in [6, 6.07) is 5.39. The van der Waals surface area contributed by atoms with Gasteiger partial charge in [0.05, 0.1) is 22.9 Å². The number of morpholine rings is 1. The van der Waals surface area contributed by atoms with Crippen LogP contribution in [0, 0.1) is 0 Å². The van der Waals surface area contributed by atoms with Gasteiger partial charge in [0.1, 0.15) is 6.29 Å². The summed E-state index contributed by atoms with van der Waals surface area (Å²) in [5.74, 6) is 0. The number of anilines is 1. The molecule has 1 heterocycles. The molecule has 0 spiro atoms. The molecule has 1 fully saturated rings. The van der Waals surface area contributed by atoms with Gasteiger partial charge < -0.3 is 9.64 Å². The lowest BCUT2D eigenvalue weighted by molar-refractivity contribution is -0.00521. The number of carbonyl (C=O) groups is 1. The predicted molar refractivity (Wildman–Crippen MR) is 69.1 cm³/mol. The first-order chi connectivity index (χ1) is 8.10. The SMILES string of the molecule is C[C@@H]1CN(c2ccc(C=O)cc2Cl)C[C@H](C)O1. The van der Waals surface area contributed by atoms with Gasteiger partial charge in [-0.1, -0.05) is 11.6 Å². The van der Waals surface area contributed by atoms with Crippen LogP contribution in [0.2, 0.25) is 5.02 Å². The number of nitrogens with zero attached hydrogens (tertiary/aromatic N) is 1. The molecule has 0 aliphatic carbocycles. The summed E-state index contributed by atoms with van der Waals surface area (Å²) >= 11 is 6.20. The number of hydrogen-bond donors (Lipinski definition) is 0. The third kappa shape index (κ3) is 2.79. The Labute approximate surface area is 106 Å². The normalized spacial score (nSPS) is 24.8. The fourth-order valence-corrected chi connectivity index (χ4v) is 2.54. The first kappa shape index (κ1) is 12.4. The lowest BCUT2D eigenvalue weighted by Gasteiger charge is -2.37. The zero-order valence-electron chi connectivity index (χ0n) is 10.0. The van der Waals surface area contributed by atoms with Gasteiger partial charge in [-0.15, -0.1) is 0 Å². The Kier molecular flexibility index (Phi) is 3.69. The van der Waals surface area contributed by atoms with Crippen molar-refractivity contribution in [2.45, 2.75) is 26.1 Å². The number of halogens is 1. The summed E-state index contributed by atoms with van der Waals surface area (Å²) in [6.45, 7) is 5.75. The van der Waals surface area contributed by atoms with Gasteiger partial charge in [0.2, 0.25) is 0 Å². The van der Waals surface area contributed by atoms with E-state index in [1.807, 2.05) is 6.07 Å². The summed E-state index contributed by atoms with van der Waals surface area (Å²) in [5, 5.41) is 0.621. The zero-order valence-corrected chi connectivity index (χ0v) is 10.8. The maximum atomic E-state index is 10.7. The highest BCUT2D eigenvalue weighted by atomic mass is 35.5. The highest BCUT2D eigenvalue weighted by molar-refractivity contribution is 6.33. The molecule has 0 N–H and O–H groups in total. The highest BCUT2D eigenvalue weighted by Gasteiger charge is 2.23. The summed E-state index contributed by atoms with van der Waals surface area (Å²) < 4.78 is 5.68. The quantitative estimate of drug-likeness (QED) is 0.759. The molecular weight excluding hydrogens is 238 g/mol. The van der Waals surface area contributed by atoms with Crippen LogP contribution in [0.3, 0.4) is 0 Å². The number of benzene rings is 1. The molecule has 4 heteroatoms. The van der Waals surface area contributed by atoms with E-state index in [2.05, 4.69) is 18.7 Å². The monoisotopic (exact) mass is 253 g/mol. The Morgan fingerprint density at radius 2 is 2.00 bits per heavy atom. The first-order valence-corrected chi connectivity index (χ1v) is 6.13. The average molecular weight is 254 g/mol. The molecule has 0 unspecified atom stereocenters. The van der Waals surface area contributed by atoms with Crippen LogP contribution in [-0.4, -0.2) is 31.6 Å². The van der Waals surface area contributed by atoms with Crippen molar-refractivity contribution in [1.82, 2.24) is 0 Å². The molecule has 0 bridgehead atoms. The topological polar surface area (TPSA) is 29.5 Å². The van der Waals surface area contributed by atoms with Crippen LogP contribution < -0.4 is 4.90 Å². The van der Waals surface area contributed by atoms with E-state index in [1.54, 1.807) is 12.1 Å². The summed E-state index contributed by atoms with van der Waals surface area (Å²) in [7, 11) is 0. The van der Waals surface area contributed by atoms with E-state index in [-0.39, 0.29) is 12.2 Å². The van der Waals surface area contributed by atoms with Crippen molar-refractivity contribution >= 4 is 23.6 Å². The number of hydrogen-bond acceptors (Lipinski definition) is 3. The largest absolute Gasteiger partial charge is 0.372 e. The van der Waals surface area contributed by atoms with E-state index >= 15 is 0 Å². The molecule has 3 nitrogen and oxygen atoms in total. The summed E-state index contributed by atoms with van der Waals surface area (Å²) in [5.41, 5.74) is 1.58. The minimum atomic E-state index is 0.195. The Hall–Kier alpha value is -1.06. The van der Waals surface area contributed by atoms with Crippen LogP contribution in [0.1, 0.15) is 24.2 Å². The minimum absolute atomic E-state index is 0.195. The minimum Gasteiger partial charge on any atom is -0.372 e. The van der Waals surface area contributed by atoms with Crippen LogP contribution >= 0.6 is 11.6 Å². The smallest absolute Gasteiger partial charge is 0.150 e. The zero-order chi connectivity index (χ0) is 12.4. The highest BCUT2D eigenvalue weighted by Crippen LogP contribution is 2.29. The van der Waals surface area contributed by atoms with Gasteiger partial charge in [0.25, 0.3) is 0 Å². The number of rotatable bonds is 2. The molecule has 2 atom stereocenters. The lowest BCUT2D eigenvalue weighted by Crippen LogP contribution is -2.45. The molecule has 17 heavy (non-hydrogen) atoms. The van der Waals surface area contributed by atoms with E-state index in [0.717, 1.165) is 25.1 Å². The summed E-state index contributed by atoms with van der Waals surface area (Å²) in [4.78, 5) is 12.9. The van der Waals surface area contributed by atoms with Crippen molar-refractivity contribution < 1.29 is 9.53 Å². The molecule has 0 amide bonds.